The third kappa shape index (κ3) is 4.31. The molecule has 0 radical (unpaired) electrons. The highest BCUT2D eigenvalue weighted by Crippen LogP contribution is 2.36. The van der Waals surface area contributed by atoms with Crippen LogP contribution < -0.4 is 0 Å². The van der Waals surface area contributed by atoms with Crippen molar-refractivity contribution >= 4 is 33.8 Å². The Morgan fingerprint density at radius 2 is 1.00 bits per heavy atom. The van der Waals surface area contributed by atoms with Crippen molar-refractivity contribution in [3.63, 3.8) is 0 Å². The molecule has 0 bridgehead atoms. The first-order chi connectivity index (χ1) is 11.5. The number of benzene rings is 2. The molecule has 0 amide bonds. The zero-order valence-corrected chi connectivity index (χ0v) is 15.5. The van der Waals surface area contributed by atoms with Gasteiger partial charge in [0.2, 0.25) is 10.2 Å². The van der Waals surface area contributed by atoms with Gasteiger partial charge in [-0.15, -0.1) is 0 Å². The van der Waals surface area contributed by atoms with E-state index in [-0.39, 0.29) is 20.7 Å². The van der Waals surface area contributed by atoms with E-state index < -0.39 is 0 Å². The molecule has 2 aromatic carbocycles. The largest absolute Gasteiger partial charge is 0.286 e. The molecule has 1 saturated heterocycles. The van der Waals surface area contributed by atoms with E-state index in [0.717, 1.165) is 11.1 Å². The second-order valence-electron chi connectivity index (χ2n) is 6.23. The van der Waals surface area contributed by atoms with Gasteiger partial charge in [-0.3, -0.25) is 9.59 Å². The fourth-order valence-electron chi connectivity index (χ4n) is 2.65. The van der Waals surface area contributed by atoms with Crippen LogP contribution in [0.25, 0.3) is 0 Å². The van der Waals surface area contributed by atoms with Gasteiger partial charge in [-0.1, -0.05) is 83.2 Å². The van der Waals surface area contributed by atoms with Gasteiger partial charge in [-0.25, -0.2) is 0 Å². The van der Waals surface area contributed by atoms with Gasteiger partial charge in [0.1, 0.15) is 0 Å². The first-order valence-electron chi connectivity index (χ1n) is 8.03. The molecule has 0 spiro atoms. The number of rotatable bonds is 4. The minimum atomic E-state index is -0.264. The number of carbonyl (C=O) groups is 2. The molecular weight excluding hydrogens is 336 g/mol. The standard InChI is InChI=1S/C20H20O2S2/c1-13-3-7-15(8-4-13)11-17-19(21)24-18(20(22)23-17)12-16-9-5-14(2)6-10-16/h3-10,17-18H,11-12H2,1-2H3/t17-,18-/m1/s1. The Morgan fingerprint density at radius 1 is 0.667 bits per heavy atom. The molecule has 2 nitrogen and oxygen atoms in total. The Morgan fingerprint density at radius 3 is 1.33 bits per heavy atom. The highest BCUT2D eigenvalue weighted by atomic mass is 32.2. The molecule has 0 aliphatic carbocycles. The second-order valence-corrected chi connectivity index (χ2v) is 8.64. The molecule has 24 heavy (non-hydrogen) atoms. The molecule has 0 unspecified atom stereocenters. The highest BCUT2D eigenvalue weighted by Gasteiger charge is 2.36. The molecule has 1 aliphatic rings. The summed E-state index contributed by atoms with van der Waals surface area (Å²) in [5.41, 5.74) is 4.61. The Hall–Kier alpha value is -1.52. The summed E-state index contributed by atoms with van der Waals surface area (Å²) in [7, 11) is 0. The smallest absolute Gasteiger partial charge is 0.203 e. The molecule has 2 atom stereocenters. The predicted molar refractivity (Wildman–Crippen MR) is 103 cm³/mol. The van der Waals surface area contributed by atoms with Crippen LogP contribution in [0, 0.1) is 13.8 Å². The van der Waals surface area contributed by atoms with Crippen LogP contribution in [0.15, 0.2) is 48.5 Å². The Balaban J connectivity index is 1.63. The summed E-state index contributed by atoms with van der Waals surface area (Å²) < 4.78 is 0. The maximum Gasteiger partial charge on any atom is 0.203 e. The van der Waals surface area contributed by atoms with Crippen molar-refractivity contribution in [2.45, 2.75) is 37.2 Å². The first kappa shape index (κ1) is 17.3. The third-order valence-corrected chi connectivity index (χ3v) is 6.79. The summed E-state index contributed by atoms with van der Waals surface area (Å²) in [6.45, 7) is 4.08. The van der Waals surface area contributed by atoms with Crippen molar-refractivity contribution in [2.24, 2.45) is 0 Å². The number of hydrogen-bond acceptors (Lipinski definition) is 4. The van der Waals surface area contributed by atoms with Gasteiger partial charge in [0.15, 0.2) is 0 Å². The van der Waals surface area contributed by atoms with E-state index in [1.807, 2.05) is 62.4 Å². The SMILES string of the molecule is Cc1ccc(C[C@H]2SC(=O)[C@@H](Cc3ccc(C)cc3)SC2=O)cc1. The minimum Gasteiger partial charge on any atom is -0.286 e. The van der Waals surface area contributed by atoms with Crippen LogP contribution in [0.1, 0.15) is 22.3 Å². The quantitative estimate of drug-likeness (QED) is 0.815. The first-order valence-corrected chi connectivity index (χ1v) is 9.79. The van der Waals surface area contributed by atoms with Gasteiger partial charge in [0, 0.05) is 0 Å². The Labute approximate surface area is 151 Å². The number of aryl methyl sites for hydroxylation is 2. The maximum absolute atomic E-state index is 12.5. The van der Waals surface area contributed by atoms with Crippen LogP contribution in [-0.2, 0) is 22.4 Å². The van der Waals surface area contributed by atoms with Crippen LogP contribution in [0.5, 0.6) is 0 Å². The van der Waals surface area contributed by atoms with Crippen LogP contribution in [0.2, 0.25) is 0 Å². The average Bonchev–Trinajstić information content (AvgIpc) is 2.56. The molecule has 124 valence electrons. The second kappa shape index (κ2) is 7.58. The van der Waals surface area contributed by atoms with Crippen molar-refractivity contribution in [3.05, 3.63) is 70.8 Å². The molecule has 1 aliphatic heterocycles. The molecule has 1 fully saturated rings. The van der Waals surface area contributed by atoms with E-state index in [1.165, 1.54) is 34.7 Å². The maximum atomic E-state index is 12.5. The molecule has 1 heterocycles. The predicted octanol–water partition coefficient (Wildman–Crippen LogP) is 4.36. The van der Waals surface area contributed by atoms with E-state index in [2.05, 4.69) is 0 Å². The lowest BCUT2D eigenvalue weighted by Gasteiger charge is -2.25. The topological polar surface area (TPSA) is 34.1 Å². The lowest BCUT2D eigenvalue weighted by Crippen LogP contribution is -2.32. The van der Waals surface area contributed by atoms with Gasteiger partial charge >= 0.3 is 0 Å². The third-order valence-electron chi connectivity index (χ3n) is 4.13. The van der Waals surface area contributed by atoms with E-state index >= 15 is 0 Å². The van der Waals surface area contributed by atoms with E-state index in [1.54, 1.807) is 0 Å². The van der Waals surface area contributed by atoms with Gasteiger partial charge in [-0.2, -0.15) is 0 Å². The van der Waals surface area contributed by atoms with E-state index in [9.17, 15) is 9.59 Å². The van der Waals surface area contributed by atoms with Crippen LogP contribution in [0.3, 0.4) is 0 Å². The van der Waals surface area contributed by atoms with E-state index in [0.29, 0.717) is 12.8 Å². The molecule has 0 saturated carbocycles. The summed E-state index contributed by atoms with van der Waals surface area (Å²) in [4.78, 5) is 24.9. The van der Waals surface area contributed by atoms with Gasteiger partial charge in [0.25, 0.3) is 0 Å². The van der Waals surface area contributed by atoms with Gasteiger partial charge < -0.3 is 0 Å². The highest BCUT2D eigenvalue weighted by molar-refractivity contribution is 8.25. The van der Waals surface area contributed by atoms with Gasteiger partial charge in [0.05, 0.1) is 10.5 Å². The molecular formula is C20H20O2S2. The minimum absolute atomic E-state index is 0.122. The fourth-order valence-corrected chi connectivity index (χ4v) is 5.05. The fraction of sp³-hybridized carbons (Fsp3) is 0.300. The van der Waals surface area contributed by atoms with Crippen molar-refractivity contribution in [2.75, 3.05) is 0 Å². The normalized spacial score (nSPS) is 21.1. The molecule has 0 aromatic heterocycles. The van der Waals surface area contributed by atoms with Crippen LogP contribution in [-0.4, -0.2) is 20.7 Å². The Kier molecular flexibility index (Phi) is 5.47. The Bertz CT molecular complexity index is 670. The number of hydrogen-bond donors (Lipinski definition) is 0. The van der Waals surface area contributed by atoms with Crippen molar-refractivity contribution in [3.8, 4) is 0 Å². The summed E-state index contributed by atoms with van der Waals surface area (Å²) in [5.74, 6) is 0. The number of thioether (sulfide) groups is 2. The molecule has 4 heteroatoms. The lowest BCUT2D eigenvalue weighted by atomic mass is 10.1. The zero-order chi connectivity index (χ0) is 17.1. The summed E-state index contributed by atoms with van der Waals surface area (Å²) in [6, 6.07) is 16.3. The zero-order valence-electron chi connectivity index (χ0n) is 13.8. The van der Waals surface area contributed by atoms with Crippen LogP contribution >= 0.6 is 23.5 Å². The van der Waals surface area contributed by atoms with Crippen molar-refractivity contribution in [1.82, 2.24) is 0 Å². The summed E-state index contributed by atoms with van der Waals surface area (Å²) in [6.07, 6.45) is 1.25. The van der Waals surface area contributed by atoms with Crippen molar-refractivity contribution in [1.29, 1.82) is 0 Å². The monoisotopic (exact) mass is 356 g/mol. The molecule has 2 aromatic rings. The summed E-state index contributed by atoms with van der Waals surface area (Å²) >= 11 is 2.43. The molecule has 0 N–H and O–H groups in total. The number of carbonyl (C=O) groups excluding carboxylic acids is 2. The summed E-state index contributed by atoms with van der Waals surface area (Å²) in [5, 5.41) is -0.284. The average molecular weight is 357 g/mol. The van der Waals surface area contributed by atoms with Crippen LogP contribution in [0.4, 0.5) is 0 Å². The van der Waals surface area contributed by atoms with Crippen molar-refractivity contribution < 1.29 is 9.59 Å². The lowest BCUT2D eigenvalue weighted by molar-refractivity contribution is -0.114. The van der Waals surface area contributed by atoms with Gasteiger partial charge in [-0.05, 0) is 37.8 Å². The molecule has 3 rings (SSSR count). The van der Waals surface area contributed by atoms with E-state index in [4.69, 9.17) is 0 Å².